The number of benzene rings is 7. The molecule has 0 spiro atoms. The maximum atomic E-state index is 2.47. The van der Waals surface area contributed by atoms with Gasteiger partial charge in [-0.1, -0.05) is 123 Å². The average molecular weight is 601 g/mol. The summed E-state index contributed by atoms with van der Waals surface area (Å²) in [6, 6.07) is 58.0. The Bertz CT molecular complexity index is 2700. The summed E-state index contributed by atoms with van der Waals surface area (Å²) < 4.78 is 4.87. The van der Waals surface area contributed by atoms with E-state index in [0.717, 1.165) is 0 Å². The molecule has 7 aromatic carbocycles. The first-order valence-corrected chi connectivity index (χ1v) is 16.5. The van der Waals surface area contributed by atoms with Crippen LogP contribution in [0.4, 0.5) is 0 Å². The van der Waals surface area contributed by atoms with Gasteiger partial charge in [-0.2, -0.15) is 0 Å². The lowest BCUT2D eigenvalue weighted by Crippen LogP contribution is -2.14. The molecule has 2 heterocycles. The first-order valence-electron chi connectivity index (χ1n) is 16.5. The summed E-state index contributed by atoms with van der Waals surface area (Å²) in [6.45, 7) is 4.69. The molecule has 10 rings (SSSR count). The van der Waals surface area contributed by atoms with Crippen molar-refractivity contribution in [3.8, 4) is 33.6 Å². The molecule has 2 nitrogen and oxygen atoms in total. The average Bonchev–Trinajstić information content (AvgIpc) is 3.72. The molecule has 0 atom stereocenters. The zero-order chi connectivity index (χ0) is 31.3. The minimum Gasteiger partial charge on any atom is -0.309 e. The van der Waals surface area contributed by atoms with Crippen molar-refractivity contribution in [2.45, 2.75) is 19.3 Å². The van der Waals surface area contributed by atoms with E-state index in [4.69, 9.17) is 0 Å². The number of para-hydroxylation sites is 3. The molecule has 47 heavy (non-hydrogen) atoms. The molecule has 0 amide bonds. The topological polar surface area (TPSA) is 9.86 Å². The minimum absolute atomic E-state index is 0.0178. The zero-order valence-electron chi connectivity index (χ0n) is 26.4. The van der Waals surface area contributed by atoms with E-state index in [1.54, 1.807) is 0 Å². The molecule has 9 aromatic rings. The Hall–Kier alpha value is -5.86. The van der Waals surface area contributed by atoms with Crippen molar-refractivity contribution in [3.63, 3.8) is 0 Å². The Morgan fingerprint density at radius 2 is 0.851 bits per heavy atom. The molecule has 222 valence electrons. The molecule has 1 aliphatic rings. The fourth-order valence-corrected chi connectivity index (χ4v) is 8.47. The van der Waals surface area contributed by atoms with Gasteiger partial charge in [0.1, 0.15) is 0 Å². The van der Waals surface area contributed by atoms with Gasteiger partial charge in [0.2, 0.25) is 0 Å². The highest BCUT2D eigenvalue weighted by molar-refractivity contribution is 6.22. The first-order chi connectivity index (χ1) is 23.1. The summed E-state index contributed by atoms with van der Waals surface area (Å²) in [7, 11) is 0. The second-order valence-electron chi connectivity index (χ2n) is 13.3. The van der Waals surface area contributed by atoms with E-state index in [0.29, 0.717) is 0 Å². The molecule has 0 aliphatic heterocycles. The van der Waals surface area contributed by atoms with Crippen LogP contribution in [0.2, 0.25) is 0 Å². The van der Waals surface area contributed by atoms with Crippen molar-refractivity contribution >= 4 is 43.6 Å². The third kappa shape index (κ3) is 3.56. The largest absolute Gasteiger partial charge is 0.309 e. The van der Waals surface area contributed by atoms with Crippen molar-refractivity contribution < 1.29 is 0 Å². The molecule has 0 fully saturated rings. The second-order valence-corrected chi connectivity index (χ2v) is 13.3. The van der Waals surface area contributed by atoms with Crippen LogP contribution in [0.3, 0.4) is 0 Å². The van der Waals surface area contributed by atoms with E-state index < -0.39 is 0 Å². The maximum Gasteiger partial charge on any atom is 0.0547 e. The summed E-state index contributed by atoms with van der Waals surface area (Å²) in [5.41, 5.74) is 15.2. The number of nitrogens with zero attached hydrogens (tertiary/aromatic N) is 2. The summed E-state index contributed by atoms with van der Waals surface area (Å²) >= 11 is 0. The standard InChI is InChI=1S/C45H32N2/c1-45(2)37-21-9-6-16-31(37)36-28-30(26-27-38(36)45)47-40-23-11-8-18-35(40)44-33(20-13-25-42(44)47)32-19-12-24-41-43(32)34-17-7-10-22-39(34)46(41)29-14-4-3-5-15-29/h3-28H,1-2H3. The van der Waals surface area contributed by atoms with E-state index in [2.05, 4.69) is 181 Å². The molecule has 0 N–H and O–H groups in total. The first kappa shape index (κ1) is 26.4. The van der Waals surface area contributed by atoms with Crippen LogP contribution in [-0.4, -0.2) is 9.13 Å². The summed E-state index contributed by atoms with van der Waals surface area (Å²) in [5, 5.41) is 5.10. The van der Waals surface area contributed by atoms with E-state index in [1.165, 1.54) is 88.4 Å². The highest BCUT2D eigenvalue weighted by atomic mass is 15.0. The molecule has 1 aliphatic carbocycles. The van der Waals surface area contributed by atoms with E-state index in [-0.39, 0.29) is 5.41 Å². The third-order valence-corrected chi connectivity index (χ3v) is 10.5. The number of fused-ring (bicyclic) bond motifs is 9. The molecule has 0 bridgehead atoms. The zero-order valence-corrected chi connectivity index (χ0v) is 26.4. The lowest BCUT2D eigenvalue weighted by molar-refractivity contribution is 0.660. The van der Waals surface area contributed by atoms with Crippen molar-refractivity contribution in [2.24, 2.45) is 0 Å². The maximum absolute atomic E-state index is 2.47. The molecule has 0 unspecified atom stereocenters. The van der Waals surface area contributed by atoms with Gasteiger partial charge in [-0.15, -0.1) is 0 Å². The van der Waals surface area contributed by atoms with Crippen molar-refractivity contribution in [2.75, 3.05) is 0 Å². The molecule has 0 saturated heterocycles. The van der Waals surface area contributed by atoms with E-state index in [1.807, 2.05) is 0 Å². The van der Waals surface area contributed by atoms with Gasteiger partial charge in [-0.3, -0.25) is 0 Å². The van der Waals surface area contributed by atoms with Crippen LogP contribution in [-0.2, 0) is 5.41 Å². The molecule has 0 saturated carbocycles. The second kappa shape index (κ2) is 9.57. The third-order valence-electron chi connectivity index (χ3n) is 10.5. The van der Waals surface area contributed by atoms with Crippen LogP contribution in [0, 0.1) is 0 Å². The molecule has 2 heteroatoms. The summed E-state index contributed by atoms with van der Waals surface area (Å²) in [4.78, 5) is 0. The minimum atomic E-state index is -0.0178. The molecular formula is C45H32N2. The van der Waals surface area contributed by atoms with Gasteiger partial charge < -0.3 is 9.13 Å². The Morgan fingerprint density at radius 3 is 1.51 bits per heavy atom. The van der Waals surface area contributed by atoms with Gasteiger partial charge >= 0.3 is 0 Å². The lowest BCUT2D eigenvalue weighted by Gasteiger charge is -2.21. The highest BCUT2D eigenvalue weighted by Crippen LogP contribution is 2.50. The number of aromatic nitrogens is 2. The van der Waals surface area contributed by atoms with Gasteiger partial charge in [-0.25, -0.2) is 0 Å². The Balaban J connectivity index is 1.27. The van der Waals surface area contributed by atoms with E-state index in [9.17, 15) is 0 Å². The smallest absolute Gasteiger partial charge is 0.0547 e. The van der Waals surface area contributed by atoms with Crippen LogP contribution in [0.1, 0.15) is 25.0 Å². The van der Waals surface area contributed by atoms with Gasteiger partial charge in [0.05, 0.1) is 22.1 Å². The van der Waals surface area contributed by atoms with Crippen LogP contribution in [0.25, 0.3) is 77.2 Å². The van der Waals surface area contributed by atoms with Crippen LogP contribution >= 0.6 is 0 Å². The quantitative estimate of drug-likeness (QED) is 0.191. The molecular weight excluding hydrogens is 569 g/mol. The predicted molar refractivity (Wildman–Crippen MR) is 198 cm³/mol. The Morgan fingerprint density at radius 1 is 0.362 bits per heavy atom. The SMILES string of the molecule is CC1(C)c2ccccc2-c2cc(-n3c4ccccc4c4c(-c5cccc6c5c5ccccc5n6-c5ccccc5)cccc43)ccc21. The van der Waals surface area contributed by atoms with Crippen LogP contribution in [0.5, 0.6) is 0 Å². The van der Waals surface area contributed by atoms with Gasteiger partial charge in [0.15, 0.2) is 0 Å². The predicted octanol–water partition coefficient (Wildman–Crippen LogP) is 11.9. The molecule has 0 radical (unpaired) electrons. The lowest BCUT2D eigenvalue weighted by atomic mass is 9.82. The van der Waals surface area contributed by atoms with Gasteiger partial charge in [0, 0.05) is 38.3 Å². The fourth-order valence-electron chi connectivity index (χ4n) is 8.47. The van der Waals surface area contributed by atoms with Crippen LogP contribution < -0.4 is 0 Å². The Labute approximate surface area is 273 Å². The Kier molecular flexibility index (Phi) is 5.37. The number of hydrogen-bond acceptors (Lipinski definition) is 0. The highest BCUT2D eigenvalue weighted by Gasteiger charge is 2.35. The number of hydrogen-bond donors (Lipinski definition) is 0. The monoisotopic (exact) mass is 600 g/mol. The van der Waals surface area contributed by atoms with Gasteiger partial charge in [-0.05, 0) is 81.9 Å². The summed E-state index contributed by atoms with van der Waals surface area (Å²) in [6.07, 6.45) is 0. The van der Waals surface area contributed by atoms with Gasteiger partial charge in [0.25, 0.3) is 0 Å². The van der Waals surface area contributed by atoms with Crippen molar-refractivity contribution in [1.82, 2.24) is 9.13 Å². The van der Waals surface area contributed by atoms with Crippen molar-refractivity contribution in [3.05, 3.63) is 169 Å². The summed E-state index contributed by atoms with van der Waals surface area (Å²) in [5.74, 6) is 0. The number of rotatable bonds is 3. The normalized spacial score (nSPS) is 13.5. The van der Waals surface area contributed by atoms with Crippen LogP contribution in [0.15, 0.2) is 158 Å². The fraction of sp³-hybridized carbons (Fsp3) is 0.0667. The van der Waals surface area contributed by atoms with E-state index >= 15 is 0 Å². The molecule has 2 aromatic heterocycles. The van der Waals surface area contributed by atoms with Crippen molar-refractivity contribution in [1.29, 1.82) is 0 Å².